The monoisotopic (exact) mass is 387 g/mol. The third-order valence-corrected chi connectivity index (χ3v) is 4.62. The molecule has 1 aromatic heterocycles. The van der Waals surface area contributed by atoms with Crippen LogP contribution in [0.5, 0.6) is 0 Å². The number of aromatic nitrogens is 1. The van der Waals surface area contributed by atoms with Crippen LogP contribution in [0.4, 0.5) is 0 Å². The summed E-state index contributed by atoms with van der Waals surface area (Å²) in [6.45, 7) is 2.40. The number of rotatable bonds is 4. The van der Waals surface area contributed by atoms with Gasteiger partial charge in [-0.05, 0) is 41.8 Å². The summed E-state index contributed by atoms with van der Waals surface area (Å²) < 4.78 is 0.665. The largest absolute Gasteiger partial charge is 0.354 e. The molecule has 1 aliphatic rings. The van der Waals surface area contributed by atoms with Gasteiger partial charge in [0.25, 0.3) is 5.91 Å². The third kappa shape index (κ3) is 3.79. The van der Waals surface area contributed by atoms with Crippen LogP contribution in [-0.2, 0) is 4.79 Å². The van der Waals surface area contributed by atoms with Gasteiger partial charge in [-0.15, -0.1) is 0 Å². The van der Waals surface area contributed by atoms with Crippen LogP contribution in [0.3, 0.4) is 0 Å². The molecule has 5 nitrogen and oxygen atoms in total. The van der Waals surface area contributed by atoms with E-state index in [2.05, 4.69) is 31.5 Å². The Kier molecular flexibility index (Phi) is 5.81. The van der Waals surface area contributed by atoms with E-state index in [4.69, 9.17) is 11.6 Å². The Balaban J connectivity index is 2.24. The van der Waals surface area contributed by atoms with E-state index >= 15 is 0 Å². The van der Waals surface area contributed by atoms with E-state index in [1.54, 1.807) is 6.07 Å². The number of amides is 2. The topological polar surface area (TPSA) is 71.1 Å². The van der Waals surface area contributed by atoms with Gasteiger partial charge in [0.2, 0.25) is 5.91 Å². The summed E-state index contributed by atoms with van der Waals surface area (Å²) in [7, 11) is 0. The van der Waals surface area contributed by atoms with Crippen molar-refractivity contribution in [2.75, 3.05) is 6.54 Å². The van der Waals surface area contributed by atoms with E-state index in [0.29, 0.717) is 23.9 Å². The lowest BCUT2D eigenvalue weighted by atomic mass is 9.80. The molecule has 0 saturated heterocycles. The highest BCUT2D eigenvalue weighted by Crippen LogP contribution is 2.29. The summed E-state index contributed by atoms with van der Waals surface area (Å²) in [6, 6.07) is 1.61. The van der Waals surface area contributed by atoms with Gasteiger partial charge in [-0.1, -0.05) is 30.9 Å². The zero-order valence-electron chi connectivity index (χ0n) is 12.4. The molecule has 0 unspecified atom stereocenters. The highest BCUT2D eigenvalue weighted by atomic mass is 79.9. The van der Waals surface area contributed by atoms with E-state index < -0.39 is 5.54 Å². The van der Waals surface area contributed by atoms with Crippen LogP contribution < -0.4 is 10.6 Å². The number of carbonyl (C=O) groups excluding carboxylic acids is 2. The Morgan fingerprint density at radius 3 is 2.68 bits per heavy atom. The quantitative estimate of drug-likeness (QED) is 0.779. The number of pyridine rings is 1. The van der Waals surface area contributed by atoms with Crippen molar-refractivity contribution >= 4 is 39.3 Å². The Bertz CT molecular complexity index is 574. The number of nitrogens with one attached hydrogen (secondary N) is 2. The van der Waals surface area contributed by atoms with Gasteiger partial charge in [-0.25, -0.2) is 4.98 Å². The maximum absolute atomic E-state index is 12.6. The van der Waals surface area contributed by atoms with Gasteiger partial charge < -0.3 is 10.6 Å². The van der Waals surface area contributed by atoms with Crippen LogP contribution in [-0.4, -0.2) is 28.9 Å². The van der Waals surface area contributed by atoms with Crippen LogP contribution in [0, 0.1) is 0 Å². The summed E-state index contributed by atoms with van der Waals surface area (Å²) in [5.74, 6) is -0.492. The standard InChI is InChI=1S/C15H19BrClN3O2/c1-2-18-14(22)15(6-4-3-5-7-15)20-13(21)11-8-10(16)9-19-12(11)17/h8-9H,2-7H2,1H3,(H,18,22)(H,20,21). The predicted octanol–water partition coefficient (Wildman–Crippen LogP) is 3.07. The lowest BCUT2D eigenvalue weighted by Gasteiger charge is -2.36. The van der Waals surface area contributed by atoms with E-state index in [0.717, 1.165) is 19.3 Å². The second-order valence-corrected chi connectivity index (χ2v) is 6.72. The molecule has 0 bridgehead atoms. The SMILES string of the molecule is CCNC(=O)C1(NC(=O)c2cc(Br)cnc2Cl)CCCCC1. The van der Waals surface area contributed by atoms with Gasteiger partial charge in [-0.2, -0.15) is 0 Å². The van der Waals surface area contributed by atoms with Crippen LogP contribution in [0.1, 0.15) is 49.4 Å². The molecule has 1 fully saturated rings. The molecule has 2 rings (SSSR count). The fourth-order valence-electron chi connectivity index (χ4n) is 2.76. The fraction of sp³-hybridized carbons (Fsp3) is 0.533. The Hall–Kier alpha value is -1.14. The van der Waals surface area contributed by atoms with E-state index in [9.17, 15) is 9.59 Å². The molecule has 1 aromatic rings. The van der Waals surface area contributed by atoms with Crippen molar-refractivity contribution in [3.8, 4) is 0 Å². The van der Waals surface area contributed by atoms with Gasteiger partial charge >= 0.3 is 0 Å². The molecule has 0 atom stereocenters. The second kappa shape index (κ2) is 7.42. The zero-order valence-corrected chi connectivity index (χ0v) is 14.8. The van der Waals surface area contributed by atoms with Crippen molar-refractivity contribution in [2.24, 2.45) is 0 Å². The molecular weight excluding hydrogens is 370 g/mol. The number of halogens is 2. The highest BCUT2D eigenvalue weighted by molar-refractivity contribution is 9.10. The number of hydrogen-bond acceptors (Lipinski definition) is 3. The van der Waals surface area contributed by atoms with E-state index in [1.807, 2.05) is 6.92 Å². The van der Waals surface area contributed by atoms with Crippen LogP contribution in [0.15, 0.2) is 16.7 Å². The summed E-state index contributed by atoms with van der Waals surface area (Å²) in [6.07, 6.45) is 5.73. The summed E-state index contributed by atoms with van der Waals surface area (Å²) in [5.41, 5.74) is -0.581. The predicted molar refractivity (Wildman–Crippen MR) is 88.9 cm³/mol. The molecule has 0 radical (unpaired) electrons. The molecule has 2 N–H and O–H groups in total. The first-order chi connectivity index (χ1) is 10.5. The lowest BCUT2D eigenvalue weighted by Crippen LogP contribution is -2.59. The maximum Gasteiger partial charge on any atom is 0.255 e. The smallest absolute Gasteiger partial charge is 0.255 e. The lowest BCUT2D eigenvalue weighted by molar-refractivity contribution is -0.128. The Morgan fingerprint density at radius 1 is 1.36 bits per heavy atom. The second-order valence-electron chi connectivity index (χ2n) is 5.45. The number of hydrogen-bond donors (Lipinski definition) is 2. The van der Waals surface area contributed by atoms with Crippen LogP contribution >= 0.6 is 27.5 Å². The van der Waals surface area contributed by atoms with Gasteiger partial charge in [0, 0.05) is 17.2 Å². The minimum atomic E-state index is -0.850. The minimum Gasteiger partial charge on any atom is -0.354 e. The van der Waals surface area contributed by atoms with Crippen molar-refractivity contribution in [3.63, 3.8) is 0 Å². The van der Waals surface area contributed by atoms with Crippen molar-refractivity contribution in [1.82, 2.24) is 15.6 Å². The van der Waals surface area contributed by atoms with E-state index in [-0.39, 0.29) is 22.5 Å². The molecule has 1 saturated carbocycles. The number of likely N-dealkylation sites (N-methyl/N-ethyl adjacent to an activating group) is 1. The summed E-state index contributed by atoms with van der Waals surface area (Å²) >= 11 is 9.28. The summed E-state index contributed by atoms with van der Waals surface area (Å²) in [4.78, 5) is 29.0. The third-order valence-electron chi connectivity index (χ3n) is 3.88. The molecular formula is C15H19BrClN3O2. The molecule has 1 aliphatic carbocycles. The van der Waals surface area contributed by atoms with Crippen molar-refractivity contribution < 1.29 is 9.59 Å². The van der Waals surface area contributed by atoms with Gasteiger partial charge in [-0.3, -0.25) is 9.59 Å². The van der Waals surface area contributed by atoms with Crippen molar-refractivity contribution in [2.45, 2.75) is 44.6 Å². The Morgan fingerprint density at radius 2 is 2.05 bits per heavy atom. The van der Waals surface area contributed by atoms with Crippen molar-refractivity contribution in [1.29, 1.82) is 0 Å². The first-order valence-electron chi connectivity index (χ1n) is 7.40. The average Bonchev–Trinajstić information content (AvgIpc) is 2.50. The molecule has 0 spiro atoms. The molecule has 120 valence electrons. The molecule has 0 aromatic carbocycles. The fourth-order valence-corrected chi connectivity index (χ4v) is 3.28. The maximum atomic E-state index is 12.6. The molecule has 1 heterocycles. The van der Waals surface area contributed by atoms with E-state index in [1.165, 1.54) is 6.20 Å². The van der Waals surface area contributed by atoms with Gasteiger partial charge in [0.1, 0.15) is 10.7 Å². The molecule has 0 aliphatic heterocycles. The Labute approximate surface area is 143 Å². The van der Waals surface area contributed by atoms with Gasteiger partial charge in [0.15, 0.2) is 0 Å². The number of carbonyl (C=O) groups is 2. The average molecular weight is 389 g/mol. The van der Waals surface area contributed by atoms with Crippen LogP contribution in [0.25, 0.3) is 0 Å². The zero-order chi connectivity index (χ0) is 16.2. The number of nitrogens with zero attached hydrogens (tertiary/aromatic N) is 1. The summed E-state index contributed by atoms with van der Waals surface area (Å²) in [5, 5.41) is 5.86. The molecule has 22 heavy (non-hydrogen) atoms. The van der Waals surface area contributed by atoms with Crippen LogP contribution in [0.2, 0.25) is 5.15 Å². The molecule has 2 amide bonds. The first-order valence-corrected chi connectivity index (χ1v) is 8.57. The minimum absolute atomic E-state index is 0.123. The molecule has 7 heteroatoms. The highest BCUT2D eigenvalue weighted by Gasteiger charge is 2.41. The first kappa shape index (κ1) is 17.2. The van der Waals surface area contributed by atoms with Crippen molar-refractivity contribution in [3.05, 3.63) is 27.5 Å². The van der Waals surface area contributed by atoms with Gasteiger partial charge in [0.05, 0.1) is 5.56 Å². The normalized spacial score (nSPS) is 16.9.